The fourth-order valence-corrected chi connectivity index (χ4v) is 6.75. The summed E-state index contributed by atoms with van der Waals surface area (Å²) in [6.07, 6.45) is 1.73. The minimum absolute atomic E-state index is 0.0280. The minimum atomic E-state index is -4.63. The van der Waals surface area contributed by atoms with Crippen LogP contribution in [0.4, 0.5) is 29.9 Å². The molecule has 3 aliphatic rings. The lowest BCUT2D eigenvalue weighted by Crippen LogP contribution is -2.46. The van der Waals surface area contributed by atoms with Crippen LogP contribution in [-0.2, 0) is 29.9 Å². The van der Waals surface area contributed by atoms with E-state index in [9.17, 15) is 36.0 Å². The van der Waals surface area contributed by atoms with E-state index < -0.39 is 69.5 Å². The highest BCUT2D eigenvalue weighted by molar-refractivity contribution is 7.90. The number of hydrogen-bond donors (Lipinski definition) is 4. The zero-order chi connectivity index (χ0) is 39.3. The van der Waals surface area contributed by atoms with E-state index in [1.807, 2.05) is 16.9 Å². The Kier molecular flexibility index (Phi) is 12.3. The topological polar surface area (TPSA) is 194 Å². The van der Waals surface area contributed by atoms with Crippen molar-refractivity contribution >= 4 is 51.4 Å². The highest BCUT2D eigenvalue weighted by Crippen LogP contribution is 2.48. The average Bonchev–Trinajstić information content (AvgIpc) is 3.86. The molecule has 1 saturated heterocycles. The van der Waals surface area contributed by atoms with Gasteiger partial charge in [0.15, 0.2) is 6.61 Å². The second kappa shape index (κ2) is 16.4. The van der Waals surface area contributed by atoms with Gasteiger partial charge in [-0.1, -0.05) is 35.9 Å². The molecule has 1 aromatic heterocycles. The van der Waals surface area contributed by atoms with Crippen LogP contribution in [0, 0.1) is 11.8 Å². The number of anilines is 2. The molecule has 2 heterocycles. The van der Waals surface area contributed by atoms with E-state index in [4.69, 9.17) is 21.1 Å². The zero-order valence-electron chi connectivity index (χ0n) is 29.8. The number of amides is 3. The molecule has 4 N–H and O–H groups in total. The molecule has 2 fully saturated rings. The normalized spacial score (nSPS) is 18.6. The Hall–Kier alpha value is -4.65. The van der Waals surface area contributed by atoms with Gasteiger partial charge >= 0.3 is 18.3 Å². The van der Waals surface area contributed by atoms with Crippen molar-refractivity contribution in [2.45, 2.75) is 70.2 Å². The van der Waals surface area contributed by atoms with E-state index in [0.717, 1.165) is 5.56 Å². The second-order valence-electron chi connectivity index (χ2n) is 14.2. The third-order valence-corrected chi connectivity index (χ3v) is 10.1. The van der Waals surface area contributed by atoms with Gasteiger partial charge in [0.1, 0.15) is 5.60 Å². The number of allylic oxidation sites excluding steroid dienone is 2. The van der Waals surface area contributed by atoms with Gasteiger partial charge in [-0.25, -0.2) is 13.2 Å². The van der Waals surface area contributed by atoms with E-state index in [2.05, 4.69) is 30.9 Å². The minimum Gasteiger partial charge on any atom is -0.454 e. The van der Waals surface area contributed by atoms with Gasteiger partial charge in [-0.15, -0.1) is 0 Å². The molecule has 0 spiro atoms. The summed E-state index contributed by atoms with van der Waals surface area (Å²) in [4.78, 5) is 51.6. The van der Waals surface area contributed by atoms with Crippen molar-refractivity contribution in [1.29, 1.82) is 0 Å². The summed E-state index contributed by atoms with van der Waals surface area (Å²) >= 11 is 6.02. The van der Waals surface area contributed by atoms with Crippen LogP contribution in [0.1, 0.15) is 58.4 Å². The number of nitrogens with zero attached hydrogens (tertiary/aromatic N) is 4. The maximum Gasteiger partial charge on any atom is 0.422 e. The molecular formula is C34H42ClF3N8O7S. The molecule has 294 valence electrons. The molecular weight excluding hydrogens is 757 g/mol. The van der Waals surface area contributed by atoms with E-state index in [1.165, 1.54) is 17.1 Å². The number of carbonyl (C=O) groups excluding carboxylic acids is 3. The molecule has 20 heteroatoms. The molecule has 1 atom stereocenters. The first-order valence-electron chi connectivity index (χ1n) is 17.2. The molecule has 3 amide bonds. The van der Waals surface area contributed by atoms with E-state index in [-0.39, 0.29) is 30.8 Å². The van der Waals surface area contributed by atoms with Crippen LogP contribution in [0.3, 0.4) is 0 Å². The van der Waals surface area contributed by atoms with Crippen LogP contribution < -0.4 is 25.4 Å². The van der Waals surface area contributed by atoms with E-state index >= 15 is 0 Å². The van der Waals surface area contributed by atoms with Gasteiger partial charge in [-0.2, -0.15) is 28.1 Å². The molecule has 1 unspecified atom stereocenters. The number of nitrogens with one attached hydrogen (secondary N) is 4. The average molecular weight is 799 g/mol. The molecule has 2 aliphatic carbocycles. The van der Waals surface area contributed by atoms with Gasteiger partial charge in [0.2, 0.25) is 33.7 Å². The maximum atomic E-state index is 12.9. The van der Waals surface area contributed by atoms with Crippen LogP contribution in [-0.4, -0.2) is 89.9 Å². The number of aromatic nitrogens is 3. The number of ether oxygens (including phenoxy) is 2. The Labute approximate surface area is 315 Å². The van der Waals surface area contributed by atoms with Gasteiger partial charge in [-0.3, -0.25) is 14.3 Å². The SMILES string of the molecule is CC(C)(C)OC(=O)N1CCC(C(=O)NCCS(=O)(=O)NC(=O)C2C=CC(Nc3nc(NC4(c5ccc(Cl)cc5)CC4)nc(OCC(F)(F)F)n3)=CC2)CC1. The molecule has 0 bridgehead atoms. The summed E-state index contributed by atoms with van der Waals surface area (Å²) in [5.41, 5.74) is 0.0911. The first-order valence-corrected chi connectivity index (χ1v) is 19.3. The molecule has 1 saturated carbocycles. The van der Waals surface area contributed by atoms with Crippen molar-refractivity contribution in [1.82, 2.24) is 29.9 Å². The summed E-state index contributed by atoms with van der Waals surface area (Å²) in [7, 11) is -4.10. The Bertz CT molecular complexity index is 1880. The fraction of sp³-hybridized carbons (Fsp3) is 0.529. The smallest absolute Gasteiger partial charge is 0.422 e. The predicted molar refractivity (Wildman–Crippen MR) is 192 cm³/mol. The lowest BCUT2D eigenvalue weighted by atomic mass is 9.96. The monoisotopic (exact) mass is 798 g/mol. The standard InChI is InChI=1S/C34H42ClF3N8O7S/c1-32(2,3)53-31(49)46-17-12-22(13-18-46)26(47)39-16-19-54(50,51)45-27(48)21-4-10-25(11-5-21)40-28-41-29(43-30(42-28)52-20-34(36,37)38)44-33(14-15-33)23-6-8-24(35)9-7-23/h4,6-11,21-22H,5,12-20H2,1-3H3,(H,39,47)(H,45,48)(H2,40,41,42,43,44). The van der Waals surface area contributed by atoms with Crippen molar-refractivity contribution in [2.75, 3.05) is 42.6 Å². The molecule has 15 nitrogen and oxygen atoms in total. The highest BCUT2D eigenvalue weighted by atomic mass is 35.5. The van der Waals surface area contributed by atoms with Crippen LogP contribution in [0.15, 0.2) is 48.2 Å². The summed E-state index contributed by atoms with van der Waals surface area (Å²) in [6, 6.07) is 6.55. The van der Waals surface area contributed by atoms with Gasteiger partial charge in [0, 0.05) is 36.3 Å². The largest absolute Gasteiger partial charge is 0.454 e. The van der Waals surface area contributed by atoms with Crippen LogP contribution in [0.25, 0.3) is 0 Å². The van der Waals surface area contributed by atoms with Crippen LogP contribution >= 0.6 is 11.6 Å². The fourth-order valence-electron chi connectivity index (χ4n) is 5.69. The lowest BCUT2D eigenvalue weighted by Gasteiger charge is -2.32. The van der Waals surface area contributed by atoms with Gasteiger partial charge in [0.25, 0.3) is 0 Å². The summed E-state index contributed by atoms with van der Waals surface area (Å²) in [5.74, 6) is -3.07. The number of benzene rings is 1. The number of likely N-dealkylation sites (tertiary alicyclic amines) is 1. The zero-order valence-corrected chi connectivity index (χ0v) is 31.4. The quantitative estimate of drug-likeness (QED) is 0.220. The first kappa shape index (κ1) is 40.5. The summed E-state index contributed by atoms with van der Waals surface area (Å²) < 4.78 is 76.3. The number of halogens is 4. The Morgan fingerprint density at radius 1 is 1.00 bits per heavy atom. The number of sulfonamides is 1. The molecule has 0 radical (unpaired) electrons. The molecule has 5 rings (SSSR count). The lowest BCUT2D eigenvalue weighted by molar-refractivity contribution is -0.154. The van der Waals surface area contributed by atoms with Crippen molar-refractivity contribution in [3.05, 3.63) is 58.8 Å². The van der Waals surface area contributed by atoms with Gasteiger partial charge < -0.3 is 30.3 Å². The van der Waals surface area contributed by atoms with Gasteiger partial charge in [-0.05, 0) is 76.6 Å². The highest BCUT2D eigenvalue weighted by Gasteiger charge is 2.45. The number of rotatable bonds is 13. The Morgan fingerprint density at radius 2 is 1.67 bits per heavy atom. The van der Waals surface area contributed by atoms with Crippen molar-refractivity contribution < 1.29 is 45.4 Å². The molecule has 1 aromatic carbocycles. The van der Waals surface area contributed by atoms with Gasteiger partial charge in [0.05, 0.1) is 17.2 Å². The third kappa shape index (κ3) is 11.9. The number of carbonyl (C=O) groups is 3. The molecule has 54 heavy (non-hydrogen) atoms. The second-order valence-corrected chi connectivity index (χ2v) is 16.5. The van der Waals surface area contributed by atoms with Crippen molar-refractivity contribution in [3.63, 3.8) is 0 Å². The van der Waals surface area contributed by atoms with Crippen LogP contribution in [0.2, 0.25) is 5.02 Å². The molecule has 2 aromatic rings. The Balaban J connectivity index is 1.11. The van der Waals surface area contributed by atoms with Crippen molar-refractivity contribution in [3.8, 4) is 6.01 Å². The maximum absolute atomic E-state index is 12.9. The first-order chi connectivity index (χ1) is 25.3. The van der Waals surface area contributed by atoms with E-state index in [0.29, 0.717) is 49.5 Å². The van der Waals surface area contributed by atoms with Crippen LogP contribution in [0.5, 0.6) is 6.01 Å². The number of hydrogen-bond acceptors (Lipinski definition) is 12. The molecule has 1 aliphatic heterocycles. The number of piperidine rings is 1. The third-order valence-electron chi connectivity index (χ3n) is 8.61. The van der Waals surface area contributed by atoms with E-state index in [1.54, 1.807) is 39.0 Å². The van der Waals surface area contributed by atoms with Crippen molar-refractivity contribution in [2.24, 2.45) is 11.8 Å². The summed E-state index contributed by atoms with van der Waals surface area (Å²) in [5, 5.41) is 9.20. The Morgan fingerprint density at radius 3 is 2.26 bits per heavy atom. The number of alkyl halides is 3. The predicted octanol–water partition coefficient (Wildman–Crippen LogP) is 4.65. The summed E-state index contributed by atoms with van der Waals surface area (Å²) in [6.45, 7) is 4.12.